The van der Waals surface area contributed by atoms with Crippen LogP contribution in [0.25, 0.3) is 0 Å². The highest BCUT2D eigenvalue weighted by atomic mass is 79.9. The highest BCUT2D eigenvalue weighted by Crippen LogP contribution is 2.25. The number of aromatic hydroxyl groups is 2. The summed E-state index contributed by atoms with van der Waals surface area (Å²) >= 11 is 0. The minimum absolute atomic E-state index is 0. The van der Waals surface area contributed by atoms with Crippen LogP contribution in [0.2, 0.25) is 0 Å². The Labute approximate surface area is 214 Å². The third-order valence-electron chi connectivity index (χ3n) is 5.22. The van der Waals surface area contributed by atoms with Crippen LogP contribution in [0.15, 0.2) is 91.5 Å². The molecule has 4 rings (SSSR count). The Hall–Kier alpha value is -3.98. The zero-order valence-electron chi connectivity index (χ0n) is 19.0. The molecule has 0 saturated heterocycles. The van der Waals surface area contributed by atoms with Crippen molar-refractivity contribution in [3.8, 4) is 17.2 Å². The van der Waals surface area contributed by atoms with Crippen molar-refractivity contribution in [1.29, 1.82) is 0 Å². The fraction of sp³-hybridized carbons (Fsp3) is 0.154. The first-order valence-corrected chi connectivity index (χ1v) is 10.9. The number of ether oxygens (including phenoxy) is 1. The van der Waals surface area contributed by atoms with Gasteiger partial charge in [0, 0.05) is 6.42 Å². The number of hydrogen-bond acceptors (Lipinski definition) is 5. The molecule has 1 amide bonds. The van der Waals surface area contributed by atoms with Gasteiger partial charge in [0.05, 0.1) is 12.2 Å². The fourth-order valence-corrected chi connectivity index (χ4v) is 3.37. The summed E-state index contributed by atoms with van der Waals surface area (Å²) in [6.07, 6.45) is 6.24. The lowest BCUT2D eigenvalue weighted by Gasteiger charge is -2.09. The largest absolute Gasteiger partial charge is 1.00 e. The molecular weight excluding hydrogens is 512 g/mol. The number of hydrogen-bond donors (Lipinski definition) is 4. The van der Waals surface area contributed by atoms with Crippen molar-refractivity contribution in [1.82, 2.24) is 9.99 Å². The minimum Gasteiger partial charge on any atom is -1.00 e. The van der Waals surface area contributed by atoms with Gasteiger partial charge in [0.2, 0.25) is 6.33 Å². The number of phenolic OH excluding ortho intramolecular Hbond substituents is 2. The molecule has 4 N–H and O–H groups in total. The number of anilines is 1. The number of hydrazine groups is 1. The van der Waals surface area contributed by atoms with Gasteiger partial charge in [0.25, 0.3) is 5.91 Å². The molecule has 3 aromatic carbocycles. The van der Waals surface area contributed by atoms with Crippen molar-refractivity contribution >= 4 is 11.6 Å². The predicted molar refractivity (Wildman–Crippen MR) is 127 cm³/mol. The van der Waals surface area contributed by atoms with Gasteiger partial charge in [0.15, 0.2) is 18.0 Å². The molecule has 0 fully saturated rings. The number of carbonyl (C=O) groups excluding carboxylic acids is 1. The number of halogens is 1. The maximum absolute atomic E-state index is 12.3. The fourth-order valence-electron chi connectivity index (χ4n) is 3.37. The molecule has 8 nitrogen and oxygen atoms in total. The third kappa shape index (κ3) is 7.79. The van der Waals surface area contributed by atoms with E-state index in [1.54, 1.807) is 16.7 Å². The molecule has 0 bridgehead atoms. The smallest absolute Gasteiger partial charge is 0.280 e. The van der Waals surface area contributed by atoms with Crippen LogP contribution in [0, 0.1) is 0 Å². The van der Waals surface area contributed by atoms with Crippen molar-refractivity contribution in [2.24, 2.45) is 0 Å². The first-order valence-electron chi connectivity index (χ1n) is 10.9. The van der Waals surface area contributed by atoms with Gasteiger partial charge < -0.3 is 31.9 Å². The molecule has 1 heterocycles. The highest BCUT2D eigenvalue weighted by Gasteiger charge is 2.10. The van der Waals surface area contributed by atoms with E-state index in [-0.39, 0.29) is 40.9 Å². The number of imidazole rings is 1. The Morgan fingerprint density at radius 2 is 1.71 bits per heavy atom. The van der Waals surface area contributed by atoms with E-state index in [0.717, 1.165) is 22.6 Å². The van der Waals surface area contributed by atoms with Crippen molar-refractivity contribution in [3.05, 3.63) is 103 Å². The molecule has 9 heteroatoms. The number of aromatic nitrogens is 2. The average molecular weight is 539 g/mol. The molecular formula is C26H27BrN4O4. The van der Waals surface area contributed by atoms with Crippen molar-refractivity contribution in [3.63, 3.8) is 0 Å². The van der Waals surface area contributed by atoms with E-state index in [1.165, 1.54) is 6.07 Å². The summed E-state index contributed by atoms with van der Waals surface area (Å²) in [6.45, 7) is 1.34. The van der Waals surface area contributed by atoms with Gasteiger partial charge >= 0.3 is 0 Å². The Bertz CT molecular complexity index is 1230. The van der Waals surface area contributed by atoms with Crippen LogP contribution in [-0.2, 0) is 30.9 Å². The second-order valence-corrected chi connectivity index (χ2v) is 7.87. The second-order valence-electron chi connectivity index (χ2n) is 7.87. The van der Waals surface area contributed by atoms with Crippen LogP contribution >= 0.6 is 0 Å². The van der Waals surface area contributed by atoms with Crippen LogP contribution in [0.4, 0.5) is 5.69 Å². The Balaban J connectivity index is 0.00000342. The molecule has 0 radical (unpaired) electrons. The summed E-state index contributed by atoms with van der Waals surface area (Å²) < 4.78 is 9.51. The van der Waals surface area contributed by atoms with Crippen LogP contribution < -0.4 is 37.1 Å². The number of rotatable bonds is 10. The van der Waals surface area contributed by atoms with Crippen LogP contribution in [-0.4, -0.2) is 20.7 Å². The summed E-state index contributed by atoms with van der Waals surface area (Å²) in [4.78, 5) is 12.3. The van der Waals surface area contributed by atoms with Gasteiger partial charge in [0.1, 0.15) is 24.8 Å². The maximum Gasteiger partial charge on any atom is 0.280 e. The van der Waals surface area contributed by atoms with E-state index < -0.39 is 0 Å². The van der Waals surface area contributed by atoms with Gasteiger partial charge in [-0.15, -0.1) is 0 Å². The number of nitrogens with zero attached hydrogens (tertiary/aromatic N) is 2. The number of benzene rings is 3. The zero-order chi connectivity index (χ0) is 23.8. The number of carbonyl (C=O) groups is 1. The lowest BCUT2D eigenvalue weighted by Crippen LogP contribution is -3.00. The Morgan fingerprint density at radius 1 is 0.943 bits per heavy atom. The molecule has 0 saturated carbocycles. The lowest BCUT2D eigenvalue weighted by atomic mass is 10.1. The van der Waals surface area contributed by atoms with Gasteiger partial charge in [-0.3, -0.25) is 15.6 Å². The topological polar surface area (TPSA) is 99.6 Å². The SMILES string of the molecule is O=C(C[n+]1ccn(CCc2ccc(O)c(O)c2)c1)NNc1ccc(OCc2ccccc2)cc1.[Br-]. The lowest BCUT2D eigenvalue weighted by molar-refractivity contribution is -0.684. The van der Waals surface area contributed by atoms with Crippen molar-refractivity contribution in [2.75, 3.05) is 5.43 Å². The van der Waals surface area contributed by atoms with E-state index in [4.69, 9.17) is 4.74 Å². The molecule has 0 aliphatic rings. The molecule has 182 valence electrons. The molecule has 0 spiro atoms. The van der Waals surface area contributed by atoms with E-state index in [9.17, 15) is 15.0 Å². The van der Waals surface area contributed by atoms with Gasteiger partial charge in [-0.1, -0.05) is 36.4 Å². The highest BCUT2D eigenvalue weighted by molar-refractivity contribution is 5.75. The van der Waals surface area contributed by atoms with Gasteiger partial charge in [-0.2, -0.15) is 0 Å². The van der Waals surface area contributed by atoms with E-state index in [2.05, 4.69) is 10.9 Å². The van der Waals surface area contributed by atoms with Crippen LogP contribution in [0.3, 0.4) is 0 Å². The van der Waals surface area contributed by atoms with Crippen molar-refractivity contribution < 1.29 is 41.3 Å². The minimum atomic E-state index is -0.185. The number of amides is 1. The molecule has 0 unspecified atom stereocenters. The predicted octanol–water partition coefficient (Wildman–Crippen LogP) is 0.156. The van der Waals surface area contributed by atoms with E-state index in [1.807, 2.05) is 77.9 Å². The summed E-state index contributed by atoms with van der Waals surface area (Å²) in [5, 5.41) is 19.0. The molecule has 35 heavy (non-hydrogen) atoms. The van der Waals surface area contributed by atoms with E-state index >= 15 is 0 Å². The Morgan fingerprint density at radius 3 is 2.46 bits per heavy atom. The maximum atomic E-state index is 12.3. The molecule has 4 aromatic rings. The monoisotopic (exact) mass is 538 g/mol. The average Bonchev–Trinajstić information content (AvgIpc) is 3.30. The molecule has 0 atom stereocenters. The molecule has 0 aliphatic carbocycles. The van der Waals surface area contributed by atoms with Crippen LogP contribution in [0.5, 0.6) is 17.2 Å². The first-order chi connectivity index (χ1) is 16.5. The normalized spacial score (nSPS) is 10.3. The summed E-state index contributed by atoms with van der Waals surface area (Å²) in [5.74, 6) is 0.309. The van der Waals surface area contributed by atoms with Crippen molar-refractivity contribution in [2.45, 2.75) is 26.1 Å². The van der Waals surface area contributed by atoms with Crippen LogP contribution in [0.1, 0.15) is 11.1 Å². The number of phenols is 2. The standard InChI is InChI=1S/C26H26N4O4.BrH/c31-24-11-6-20(16-25(24)32)12-13-29-14-15-30(19-29)17-26(33)28-27-22-7-9-23(10-8-22)34-18-21-4-2-1-3-5-21;/h1-11,14-16,19,27H,12-13,17-18H2,(H2-,28,31,32,33);1H. The molecule has 0 aliphatic heterocycles. The quantitative estimate of drug-likeness (QED) is 0.131. The Kier molecular flexibility index (Phi) is 9.14. The summed E-state index contributed by atoms with van der Waals surface area (Å²) in [7, 11) is 0. The summed E-state index contributed by atoms with van der Waals surface area (Å²) in [6, 6.07) is 22.1. The van der Waals surface area contributed by atoms with Gasteiger partial charge in [-0.05, 0) is 47.5 Å². The molecule has 1 aromatic heterocycles. The van der Waals surface area contributed by atoms with E-state index in [0.29, 0.717) is 19.6 Å². The zero-order valence-corrected chi connectivity index (χ0v) is 20.6. The van der Waals surface area contributed by atoms with Gasteiger partial charge in [-0.25, -0.2) is 9.13 Å². The first kappa shape index (κ1) is 25.6. The third-order valence-corrected chi connectivity index (χ3v) is 5.22. The number of aryl methyl sites for hydroxylation is 2. The summed E-state index contributed by atoms with van der Waals surface area (Å²) in [5.41, 5.74) is 8.36. The second kappa shape index (κ2) is 12.5. The number of nitrogens with one attached hydrogen (secondary N) is 2.